The van der Waals surface area contributed by atoms with Gasteiger partial charge in [0.1, 0.15) is 5.82 Å². The van der Waals surface area contributed by atoms with E-state index in [1.54, 1.807) is 12.1 Å². The minimum absolute atomic E-state index is 0.00597. The standard InChI is InChI=1S/C25H31F3O2/c1-3-4-5-6-7-8-17-9-13-22(30-16-17)20-11-10-18(15-21(20)26)19-12-14-23(29-2)25(28)24(19)27/h10-12,14-15,17,22H,3-9,13,16H2,1-2H3. The van der Waals surface area contributed by atoms with Crippen LogP contribution in [0.3, 0.4) is 0 Å². The molecule has 1 fully saturated rings. The van der Waals surface area contributed by atoms with Crippen LogP contribution >= 0.6 is 0 Å². The topological polar surface area (TPSA) is 18.5 Å². The number of halogens is 3. The molecule has 0 amide bonds. The van der Waals surface area contributed by atoms with E-state index in [0.717, 1.165) is 12.8 Å². The lowest BCUT2D eigenvalue weighted by atomic mass is 9.90. The number of rotatable bonds is 9. The largest absolute Gasteiger partial charge is 0.494 e. The Hall–Kier alpha value is -2.01. The normalized spacial score (nSPS) is 19.1. The molecule has 1 aliphatic heterocycles. The van der Waals surface area contributed by atoms with Crippen molar-refractivity contribution in [1.82, 2.24) is 0 Å². The molecule has 30 heavy (non-hydrogen) atoms. The number of methoxy groups -OCH3 is 1. The molecular weight excluding hydrogens is 389 g/mol. The maximum atomic E-state index is 14.8. The number of ether oxygens (including phenoxy) is 2. The van der Waals surface area contributed by atoms with Gasteiger partial charge in [0.2, 0.25) is 5.82 Å². The van der Waals surface area contributed by atoms with E-state index in [1.807, 2.05) is 0 Å². The van der Waals surface area contributed by atoms with Crippen molar-refractivity contribution in [1.29, 1.82) is 0 Å². The van der Waals surface area contributed by atoms with Gasteiger partial charge in [-0.2, -0.15) is 4.39 Å². The second-order valence-corrected chi connectivity index (χ2v) is 8.15. The Morgan fingerprint density at radius 2 is 1.77 bits per heavy atom. The maximum Gasteiger partial charge on any atom is 0.201 e. The highest BCUT2D eigenvalue weighted by molar-refractivity contribution is 5.66. The van der Waals surface area contributed by atoms with Crippen molar-refractivity contribution in [2.45, 2.75) is 64.4 Å². The van der Waals surface area contributed by atoms with Crippen molar-refractivity contribution < 1.29 is 22.6 Å². The first kappa shape index (κ1) is 22.7. The molecule has 164 valence electrons. The zero-order chi connectivity index (χ0) is 21.5. The summed E-state index contributed by atoms with van der Waals surface area (Å²) >= 11 is 0. The summed E-state index contributed by atoms with van der Waals surface area (Å²) in [4.78, 5) is 0. The maximum absolute atomic E-state index is 14.8. The zero-order valence-corrected chi connectivity index (χ0v) is 17.9. The van der Waals surface area contributed by atoms with E-state index < -0.39 is 17.5 Å². The number of hydrogen-bond acceptors (Lipinski definition) is 2. The van der Waals surface area contributed by atoms with Crippen LogP contribution in [0, 0.1) is 23.4 Å². The molecule has 0 N–H and O–H groups in total. The molecule has 2 aromatic rings. The van der Waals surface area contributed by atoms with Crippen LogP contribution in [0.4, 0.5) is 13.2 Å². The van der Waals surface area contributed by atoms with E-state index in [1.165, 1.54) is 63.8 Å². The van der Waals surface area contributed by atoms with Crippen LogP contribution in [-0.4, -0.2) is 13.7 Å². The molecule has 2 atom stereocenters. The minimum Gasteiger partial charge on any atom is -0.494 e. The number of hydrogen-bond donors (Lipinski definition) is 0. The molecule has 2 unspecified atom stereocenters. The zero-order valence-electron chi connectivity index (χ0n) is 17.9. The molecule has 1 saturated heterocycles. The van der Waals surface area contributed by atoms with E-state index in [4.69, 9.17) is 9.47 Å². The van der Waals surface area contributed by atoms with Gasteiger partial charge < -0.3 is 9.47 Å². The van der Waals surface area contributed by atoms with Gasteiger partial charge in [-0.25, -0.2) is 8.78 Å². The predicted octanol–water partition coefficient (Wildman–Crippen LogP) is 7.61. The van der Waals surface area contributed by atoms with Gasteiger partial charge in [0, 0.05) is 11.1 Å². The molecule has 0 radical (unpaired) electrons. The third-order valence-corrected chi connectivity index (χ3v) is 6.01. The smallest absolute Gasteiger partial charge is 0.201 e. The lowest BCUT2D eigenvalue weighted by molar-refractivity contribution is -0.0215. The molecule has 1 heterocycles. The summed E-state index contributed by atoms with van der Waals surface area (Å²) in [7, 11) is 1.27. The van der Waals surface area contributed by atoms with Gasteiger partial charge in [-0.3, -0.25) is 0 Å². The molecule has 2 aromatic carbocycles. The van der Waals surface area contributed by atoms with Gasteiger partial charge in [0.15, 0.2) is 11.6 Å². The van der Waals surface area contributed by atoms with Crippen molar-refractivity contribution >= 4 is 0 Å². The summed E-state index contributed by atoms with van der Waals surface area (Å²) in [6, 6.07) is 7.23. The Morgan fingerprint density at radius 1 is 0.967 bits per heavy atom. The second-order valence-electron chi connectivity index (χ2n) is 8.15. The lowest BCUT2D eigenvalue weighted by Crippen LogP contribution is -2.21. The SMILES string of the molecule is CCCCCCCC1CCC(c2ccc(-c3ccc(OC)c(F)c3F)cc2F)OC1. The quantitative estimate of drug-likeness (QED) is 0.389. The third-order valence-electron chi connectivity index (χ3n) is 6.01. The molecular formula is C25H31F3O2. The Balaban J connectivity index is 1.61. The Bertz CT molecular complexity index is 829. The van der Waals surface area contributed by atoms with Gasteiger partial charge in [-0.05, 0) is 48.9 Å². The Kier molecular flexibility index (Phi) is 8.20. The van der Waals surface area contributed by atoms with Crippen molar-refractivity contribution in [3.8, 4) is 16.9 Å². The summed E-state index contributed by atoms with van der Waals surface area (Å²) in [5, 5.41) is 0. The monoisotopic (exact) mass is 420 g/mol. The van der Waals surface area contributed by atoms with E-state index in [0.29, 0.717) is 18.1 Å². The molecule has 0 aromatic heterocycles. The molecule has 0 spiro atoms. The van der Waals surface area contributed by atoms with Crippen molar-refractivity contribution in [3.05, 3.63) is 53.3 Å². The van der Waals surface area contributed by atoms with Gasteiger partial charge in [-0.1, -0.05) is 51.2 Å². The van der Waals surface area contributed by atoms with E-state index in [2.05, 4.69) is 6.92 Å². The molecule has 0 saturated carbocycles. The van der Waals surface area contributed by atoms with E-state index in [-0.39, 0.29) is 23.0 Å². The molecule has 1 aliphatic rings. The van der Waals surface area contributed by atoms with E-state index >= 15 is 0 Å². The molecule has 3 rings (SSSR count). The highest BCUT2D eigenvalue weighted by atomic mass is 19.2. The molecule has 0 bridgehead atoms. The van der Waals surface area contributed by atoms with Crippen molar-refractivity contribution in [2.24, 2.45) is 5.92 Å². The summed E-state index contributed by atoms with van der Waals surface area (Å²) in [5.74, 6) is -2.20. The Morgan fingerprint density at radius 3 is 2.43 bits per heavy atom. The third kappa shape index (κ3) is 5.37. The fourth-order valence-corrected chi connectivity index (χ4v) is 4.18. The molecule has 5 heteroatoms. The molecule has 0 aliphatic carbocycles. The predicted molar refractivity (Wildman–Crippen MR) is 113 cm³/mol. The first-order valence-electron chi connectivity index (χ1n) is 11.0. The minimum atomic E-state index is -1.07. The summed E-state index contributed by atoms with van der Waals surface area (Å²) < 4.78 is 53.9. The first-order chi connectivity index (χ1) is 14.5. The highest BCUT2D eigenvalue weighted by Crippen LogP contribution is 2.36. The number of unbranched alkanes of at least 4 members (excludes halogenated alkanes) is 4. The summed E-state index contributed by atoms with van der Waals surface area (Å²) in [5.41, 5.74) is 0.775. The van der Waals surface area contributed by atoms with E-state index in [9.17, 15) is 13.2 Å². The van der Waals surface area contributed by atoms with Gasteiger partial charge in [0.25, 0.3) is 0 Å². The van der Waals surface area contributed by atoms with Crippen LogP contribution in [0.5, 0.6) is 5.75 Å². The van der Waals surface area contributed by atoms with Crippen LogP contribution in [0.1, 0.15) is 70.0 Å². The fourth-order valence-electron chi connectivity index (χ4n) is 4.18. The second kappa shape index (κ2) is 10.9. The van der Waals surface area contributed by atoms with Crippen LogP contribution < -0.4 is 4.74 Å². The average Bonchev–Trinajstić information content (AvgIpc) is 2.76. The summed E-state index contributed by atoms with van der Waals surface area (Å²) in [6.45, 7) is 2.87. The van der Waals surface area contributed by atoms with Crippen LogP contribution in [0.2, 0.25) is 0 Å². The van der Waals surface area contributed by atoms with Gasteiger partial charge in [-0.15, -0.1) is 0 Å². The lowest BCUT2D eigenvalue weighted by Gasteiger charge is -2.29. The molecule has 2 nitrogen and oxygen atoms in total. The van der Waals surface area contributed by atoms with Gasteiger partial charge in [0.05, 0.1) is 19.8 Å². The first-order valence-corrected chi connectivity index (χ1v) is 11.0. The Labute approximate surface area is 177 Å². The van der Waals surface area contributed by atoms with Gasteiger partial charge >= 0.3 is 0 Å². The fraction of sp³-hybridized carbons (Fsp3) is 0.520. The summed E-state index contributed by atoms with van der Waals surface area (Å²) in [6.07, 6.45) is 9.03. The van der Waals surface area contributed by atoms with Crippen LogP contribution in [0.15, 0.2) is 30.3 Å². The van der Waals surface area contributed by atoms with Crippen LogP contribution in [-0.2, 0) is 4.74 Å². The highest BCUT2D eigenvalue weighted by Gasteiger charge is 2.25. The number of benzene rings is 2. The van der Waals surface area contributed by atoms with Crippen molar-refractivity contribution in [3.63, 3.8) is 0 Å². The average molecular weight is 421 g/mol. The van der Waals surface area contributed by atoms with Crippen LogP contribution in [0.25, 0.3) is 11.1 Å². The van der Waals surface area contributed by atoms with Crippen molar-refractivity contribution in [2.75, 3.05) is 13.7 Å².